The third kappa shape index (κ3) is 5.45. The number of aryl methyl sites for hydroxylation is 1. The molecule has 0 aliphatic rings. The number of guanidine groups is 1. The zero-order valence-corrected chi connectivity index (χ0v) is 14.4. The van der Waals surface area contributed by atoms with Gasteiger partial charge in [0.15, 0.2) is 17.5 Å². The Morgan fingerprint density at radius 3 is 2.83 bits per heavy atom. The molecule has 24 heavy (non-hydrogen) atoms. The van der Waals surface area contributed by atoms with E-state index in [1.807, 2.05) is 6.20 Å². The summed E-state index contributed by atoms with van der Waals surface area (Å²) in [6.45, 7) is 3.32. The van der Waals surface area contributed by atoms with Crippen molar-refractivity contribution in [1.29, 1.82) is 0 Å². The summed E-state index contributed by atoms with van der Waals surface area (Å²) in [5.74, 6) is -0.716. The van der Waals surface area contributed by atoms with Crippen molar-refractivity contribution in [2.75, 3.05) is 20.2 Å². The van der Waals surface area contributed by atoms with E-state index in [4.69, 9.17) is 4.74 Å². The molecule has 0 aliphatic heterocycles. The first kappa shape index (κ1) is 18.1. The summed E-state index contributed by atoms with van der Waals surface area (Å²) in [6.07, 6.45) is 2.85. The van der Waals surface area contributed by atoms with Gasteiger partial charge < -0.3 is 15.4 Å². The SMILES string of the molecule is CCc1cnc(CNC(=NC)NCCOc2ccc(F)cc2F)s1. The number of aromatic nitrogens is 1. The number of thiazole rings is 1. The summed E-state index contributed by atoms with van der Waals surface area (Å²) in [5, 5.41) is 7.19. The summed E-state index contributed by atoms with van der Waals surface area (Å²) < 4.78 is 31.5. The summed E-state index contributed by atoms with van der Waals surface area (Å²) in [6, 6.07) is 3.22. The lowest BCUT2D eigenvalue weighted by Crippen LogP contribution is -2.38. The maximum absolute atomic E-state index is 13.4. The van der Waals surface area contributed by atoms with Gasteiger partial charge in [-0.05, 0) is 18.6 Å². The molecule has 2 aromatic rings. The van der Waals surface area contributed by atoms with Crippen molar-refractivity contribution in [3.63, 3.8) is 0 Å². The van der Waals surface area contributed by atoms with Crippen LogP contribution < -0.4 is 15.4 Å². The highest BCUT2D eigenvalue weighted by Gasteiger charge is 2.05. The van der Waals surface area contributed by atoms with E-state index in [9.17, 15) is 8.78 Å². The van der Waals surface area contributed by atoms with Crippen LogP contribution in [0.15, 0.2) is 29.4 Å². The van der Waals surface area contributed by atoms with E-state index >= 15 is 0 Å². The van der Waals surface area contributed by atoms with Gasteiger partial charge in [0.05, 0.1) is 13.1 Å². The van der Waals surface area contributed by atoms with Crippen LogP contribution in [0.4, 0.5) is 8.78 Å². The standard InChI is InChI=1S/C16H20F2N4OS/c1-3-12-9-21-15(24-12)10-22-16(19-2)20-6-7-23-14-5-4-11(17)8-13(14)18/h4-5,8-9H,3,6-7,10H2,1-2H3,(H2,19,20,22). The molecule has 0 fully saturated rings. The maximum Gasteiger partial charge on any atom is 0.191 e. The number of halogens is 2. The van der Waals surface area contributed by atoms with E-state index in [-0.39, 0.29) is 12.4 Å². The molecule has 0 spiro atoms. The fraction of sp³-hybridized carbons (Fsp3) is 0.375. The van der Waals surface area contributed by atoms with Crippen LogP contribution in [0.3, 0.4) is 0 Å². The molecular weight excluding hydrogens is 334 g/mol. The molecule has 0 saturated heterocycles. The minimum absolute atomic E-state index is 0.0241. The van der Waals surface area contributed by atoms with Gasteiger partial charge in [-0.15, -0.1) is 11.3 Å². The first-order valence-corrected chi connectivity index (χ1v) is 8.40. The van der Waals surface area contributed by atoms with Crippen LogP contribution in [0, 0.1) is 11.6 Å². The zero-order chi connectivity index (χ0) is 17.4. The van der Waals surface area contributed by atoms with Crippen molar-refractivity contribution in [1.82, 2.24) is 15.6 Å². The maximum atomic E-state index is 13.4. The van der Waals surface area contributed by atoms with Crippen LogP contribution in [-0.2, 0) is 13.0 Å². The molecule has 8 heteroatoms. The van der Waals surface area contributed by atoms with Crippen LogP contribution in [0.5, 0.6) is 5.75 Å². The smallest absolute Gasteiger partial charge is 0.191 e. The van der Waals surface area contributed by atoms with Crippen molar-refractivity contribution in [3.05, 3.63) is 45.9 Å². The first-order valence-electron chi connectivity index (χ1n) is 7.58. The highest BCUT2D eigenvalue weighted by Crippen LogP contribution is 2.17. The molecule has 0 unspecified atom stereocenters. The Kier molecular flexibility index (Phi) is 6.92. The second-order valence-electron chi connectivity index (χ2n) is 4.85. The van der Waals surface area contributed by atoms with Crippen molar-refractivity contribution >= 4 is 17.3 Å². The van der Waals surface area contributed by atoms with Gasteiger partial charge in [-0.2, -0.15) is 0 Å². The van der Waals surface area contributed by atoms with Gasteiger partial charge >= 0.3 is 0 Å². The Balaban J connectivity index is 1.71. The fourth-order valence-corrected chi connectivity index (χ4v) is 2.70. The molecule has 130 valence electrons. The molecule has 0 atom stereocenters. The van der Waals surface area contributed by atoms with Crippen LogP contribution in [0.25, 0.3) is 0 Å². The van der Waals surface area contributed by atoms with Gasteiger partial charge in [-0.3, -0.25) is 4.99 Å². The van der Waals surface area contributed by atoms with E-state index in [0.717, 1.165) is 23.6 Å². The largest absolute Gasteiger partial charge is 0.489 e. The molecule has 0 amide bonds. The van der Waals surface area contributed by atoms with Crippen molar-refractivity contribution in [3.8, 4) is 5.75 Å². The molecule has 1 aromatic carbocycles. The Labute approximate surface area is 143 Å². The predicted molar refractivity (Wildman–Crippen MR) is 91.5 cm³/mol. The number of aliphatic imine (C=N–C) groups is 1. The van der Waals surface area contributed by atoms with Gasteiger partial charge in [0.2, 0.25) is 0 Å². The number of hydrogen-bond acceptors (Lipinski definition) is 4. The van der Waals surface area contributed by atoms with Crippen molar-refractivity contribution in [2.24, 2.45) is 4.99 Å². The normalized spacial score (nSPS) is 11.4. The van der Waals surface area contributed by atoms with Crippen molar-refractivity contribution < 1.29 is 13.5 Å². The fourth-order valence-electron chi connectivity index (χ4n) is 1.90. The molecule has 0 aliphatic carbocycles. The molecule has 2 N–H and O–H groups in total. The van der Waals surface area contributed by atoms with E-state index in [1.165, 1.54) is 10.9 Å². The molecule has 1 aromatic heterocycles. The Bertz CT molecular complexity index is 690. The Morgan fingerprint density at radius 1 is 1.33 bits per heavy atom. The van der Waals surface area contributed by atoms with E-state index < -0.39 is 11.6 Å². The van der Waals surface area contributed by atoms with Gasteiger partial charge in [0, 0.05) is 24.2 Å². The monoisotopic (exact) mass is 354 g/mol. The molecule has 1 heterocycles. The van der Waals surface area contributed by atoms with Gasteiger partial charge in [0.1, 0.15) is 17.4 Å². The number of nitrogens with one attached hydrogen (secondary N) is 2. The average Bonchev–Trinajstić information content (AvgIpc) is 3.04. The summed E-state index contributed by atoms with van der Waals surface area (Å²) in [4.78, 5) is 9.66. The topological polar surface area (TPSA) is 58.5 Å². The minimum atomic E-state index is -0.715. The van der Waals surface area contributed by atoms with Crippen LogP contribution >= 0.6 is 11.3 Å². The van der Waals surface area contributed by atoms with Crippen LogP contribution in [0.1, 0.15) is 16.8 Å². The highest BCUT2D eigenvalue weighted by molar-refractivity contribution is 7.11. The average molecular weight is 354 g/mol. The molecular formula is C16H20F2N4OS. The number of rotatable bonds is 7. The summed E-state index contributed by atoms with van der Waals surface area (Å²) in [5.41, 5.74) is 0. The van der Waals surface area contributed by atoms with E-state index in [2.05, 4.69) is 27.5 Å². The molecule has 0 bridgehead atoms. The van der Waals surface area contributed by atoms with Gasteiger partial charge in [-0.1, -0.05) is 6.92 Å². The molecule has 0 saturated carbocycles. The number of nitrogens with zero attached hydrogens (tertiary/aromatic N) is 2. The van der Waals surface area contributed by atoms with E-state index in [0.29, 0.717) is 19.0 Å². The zero-order valence-electron chi connectivity index (χ0n) is 13.6. The lowest BCUT2D eigenvalue weighted by molar-refractivity contribution is 0.304. The second-order valence-corrected chi connectivity index (χ2v) is 6.05. The van der Waals surface area contributed by atoms with Crippen LogP contribution in [-0.4, -0.2) is 31.1 Å². The number of ether oxygens (including phenoxy) is 1. The summed E-state index contributed by atoms with van der Waals surface area (Å²) in [7, 11) is 1.66. The van der Waals surface area contributed by atoms with Crippen LogP contribution in [0.2, 0.25) is 0 Å². The third-order valence-corrected chi connectivity index (χ3v) is 4.27. The Hall–Kier alpha value is -2.22. The first-order chi connectivity index (χ1) is 11.6. The molecule has 0 radical (unpaired) electrons. The lowest BCUT2D eigenvalue weighted by Gasteiger charge is -2.12. The lowest BCUT2D eigenvalue weighted by atomic mass is 10.3. The van der Waals surface area contributed by atoms with Crippen molar-refractivity contribution in [2.45, 2.75) is 19.9 Å². The Morgan fingerprint density at radius 2 is 2.17 bits per heavy atom. The van der Waals surface area contributed by atoms with Gasteiger partial charge in [-0.25, -0.2) is 13.8 Å². The second kappa shape index (κ2) is 9.17. The quantitative estimate of drug-likeness (QED) is 0.456. The van der Waals surface area contributed by atoms with Gasteiger partial charge in [0.25, 0.3) is 0 Å². The molecule has 5 nitrogen and oxygen atoms in total. The minimum Gasteiger partial charge on any atom is -0.489 e. The number of hydrogen-bond donors (Lipinski definition) is 2. The molecule has 2 rings (SSSR count). The highest BCUT2D eigenvalue weighted by atomic mass is 32.1. The third-order valence-electron chi connectivity index (χ3n) is 3.13. The number of benzene rings is 1. The van der Waals surface area contributed by atoms with E-state index in [1.54, 1.807) is 18.4 Å². The predicted octanol–water partition coefficient (Wildman–Crippen LogP) is 2.73. The summed E-state index contributed by atoms with van der Waals surface area (Å²) >= 11 is 1.66.